The third-order valence-electron chi connectivity index (χ3n) is 25.1. The van der Waals surface area contributed by atoms with Gasteiger partial charge in [-0.15, -0.1) is 0 Å². The summed E-state index contributed by atoms with van der Waals surface area (Å²) in [5, 5.41) is 28.4. The Morgan fingerprint density at radius 1 is 0.411 bits per heavy atom. The molecule has 702 valence electrons. The Morgan fingerprint density at radius 2 is 0.767 bits per heavy atom. The second kappa shape index (κ2) is 63.5. The van der Waals surface area contributed by atoms with Crippen molar-refractivity contribution in [2.75, 3.05) is 111 Å². The molecule has 2 fully saturated rings. The summed E-state index contributed by atoms with van der Waals surface area (Å²) in [5.41, 5.74) is 15.7. The molecule has 146 heavy (non-hydrogen) atoms. The molecule has 1 saturated heterocycles. The number of likely N-dealkylation sites (N-methyl/N-ethyl adjacent to an activating group) is 2. The second-order valence-electron chi connectivity index (χ2n) is 35.0. The predicted octanol–water partition coefficient (Wildman–Crippen LogP) is -0.911. The van der Waals surface area contributed by atoms with E-state index >= 15 is 0 Å². The first-order valence-corrected chi connectivity index (χ1v) is 46.6. The van der Waals surface area contributed by atoms with Crippen molar-refractivity contribution in [2.45, 2.75) is 71.2 Å². The average Bonchev–Trinajstić information content (AvgIpc) is 1.48. The molecule has 0 bridgehead atoms. The van der Waals surface area contributed by atoms with Crippen LogP contribution in [-0.4, -0.2) is 422 Å². The van der Waals surface area contributed by atoms with Crippen molar-refractivity contribution in [1.29, 1.82) is 0 Å². The van der Waals surface area contributed by atoms with E-state index in [0.717, 1.165) is 171 Å². The van der Waals surface area contributed by atoms with E-state index in [2.05, 4.69) is 98.9 Å². The fourth-order valence-corrected chi connectivity index (χ4v) is 17.8. The number of carbonyl (C=O) groups is 1. The molecule has 1 saturated carbocycles. The molecular formula is C78H89B36Co6N17O9. The van der Waals surface area contributed by atoms with Crippen LogP contribution in [0.25, 0.3) is 66.9 Å². The fraction of sp³-hybridized carbons (Fsp3) is 0.333. The number of aliphatic hydroxyl groups excluding tert-OH is 1. The third-order valence-corrected chi connectivity index (χ3v) is 25.1. The van der Waals surface area contributed by atoms with E-state index in [0.29, 0.717) is 41.6 Å². The maximum atomic E-state index is 11.6. The Labute approximate surface area is 954 Å². The van der Waals surface area contributed by atoms with E-state index in [1.807, 2.05) is 126 Å². The normalized spacial score (nSPS) is 11.8. The van der Waals surface area contributed by atoms with Gasteiger partial charge in [0.2, 0.25) is 5.91 Å². The molecule has 68 heteroatoms. The van der Waals surface area contributed by atoms with Crippen molar-refractivity contribution >= 4 is 329 Å². The molecule has 3 N–H and O–H groups in total. The zero-order chi connectivity index (χ0) is 101. The first kappa shape index (κ1) is 130. The first-order valence-electron chi connectivity index (χ1n) is 46.6. The summed E-state index contributed by atoms with van der Waals surface area (Å²) in [6.45, 7) is 7.17. The molecule has 1 atom stereocenters. The van der Waals surface area contributed by atoms with Crippen LogP contribution >= 0.6 is 0 Å². The van der Waals surface area contributed by atoms with E-state index in [1.54, 1.807) is 73.0 Å². The zero-order valence-corrected chi connectivity index (χ0v) is 89.3. The van der Waals surface area contributed by atoms with Gasteiger partial charge in [0.1, 0.15) is 47.3 Å². The molecule has 44 radical (unpaired) electrons. The van der Waals surface area contributed by atoms with Gasteiger partial charge < -0.3 is 63.6 Å². The number of amides is 1. The number of fused-ring (bicyclic) bond motifs is 3. The maximum Gasteiger partial charge on any atom is 0.241 e. The van der Waals surface area contributed by atoms with Gasteiger partial charge in [0, 0.05) is 527 Å². The van der Waals surface area contributed by atoms with Crippen LogP contribution in [0.1, 0.15) is 58.1 Å². The molecule has 6 aromatic carbocycles. The number of nitrogens with one attached hydrogen (secondary N) is 2. The topological polar surface area (TPSA) is 266 Å². The number of anilines is 6. The number of hydrogen-bond acceptors (Lipinski definition) is 22. The summed E-state index contributed by atoms with van der Waals surface area (Å²) >= 11 is 0. The molecule has 6 aromatic heterocycles. The van der Waals surface area contributed by atoms with Gasteiger partial charge in [-0.1, -0.05) is 6.92 Å². The zero-order valence-electron chi connectivity index (χ0n) is 83.1. The van der Waals surface area contributed by atoms with E-state index in [1.165, 1.54) is 12.8 Å². The first-order chi connectivity index (χ1) is 67.2. The van der Waals surface area contributed by atoms with E-state index < -0.39 is 109 Å². The van der Waals surface area contributed by atoms with E-state index in [-0.39, 0.29) is 126 Å². The van der Waals surface area contributed by atoms with Crippen molar-refractivity contribution < 1.29 is 144 Å². The molecule has 1 amide bonds. The van der Waals surface area contributed by atoms with Crippen LogP contribution in [0, 0.1) is 5.92 Å². The summed E-state index contributed by atoms with van der Waals surface area (Å²) in [7, 11) is 130. The summed E-state index contributed by atoms with van der Waals surface area (Å²) in [6, 6.07) is 35.9. The number of methoxy groups -OCH3 is 6. The summed E-state index contributed by atoms with van der Waals surface area (Å²) < 4.78 is 44.2. The number of ether oxygens (including phenoxy) is 7. The minimum absolute atomic E-state index is 0. The fourth-order valence-electron chi connectivity index (χ4n) is 17.8. The van der Waals surface area contributed by atoms with Gasteiger partial charge >= 0.3 is 0 Å². The third kappa shape index (κ3) is 35.2. The number of hydrogen-bond donors (Lipinski definition) is 3. The molecule has 0 spiro atoms. The molecule has 1 unspecified atom stereocenters. The van der Waals surface area contributed by atoms with Gasteiger partial charge in [0.25, 0.3) is 0 Å². The second-order valence-corrected chi connectivity index (χ2v) is 35.0. The van der Waals surface area contributed by atoms with Crippen LogP contribution < -0.4 is 53.8 Å². The van der Waals surface area contributed by atoms with Gasteiger partial charge in [-0.2, -0.15) is 15.3 Å². The Kier molecular flexibility index (Phi) is 56.7. The smallest absolute Gasteiger partial charge is 0.241 e. The molecule has 1 aliphatic heterocycles. The summed E-state index contributed by atoms with van der Waals surface area (Å²) in [4.78, 5) is 46.8. The van der Waals surface area contributed by atoms with E-state index in [9.17, 15) is 9.90 Å². The summed E-state index contributed by atoms with van der Waals surface area (Å²) in [5.74, 6) is 4.95. The van der Waals surface area contributed by atoms with Crippen molar-refractivity contribution in [3.63, 3.8) is 0 Å². The van der Waals surface area contributed by atoms with Crippen LogP contribution in [-0.2, 0) is 123 Å². The molecule has 1 aliphatic carbocycles. The molecular weight excluding hydrogens is 2060 g/mol. The van der Waals surface area contributed by atoms with Crippen LogP contribution in [0.15, 0.2) is 165 Å². The number of carbonyl (C=O) groups excluding carboxylic acids is 1. The monoisotopic (exact) mass is 2160 g/mol. The minimum atomic E-state index is -1.17. The van der Waals surface area contributed by atoms with Crippen LogP contribution in [0.2, 0.25) is 0 Å². The SMILES string of the molecule is CCCN(c1cc(OC)cc(OC)c1)c1ccc2ncc(-c3cnn(C4CCCCO4)c3)nc2c1.CNC(=O)Cn1cc(-c2cnc3ccc(N(CCCO)c4cc(OC)cc(OC)c4)cc3n2)cn1.CNCCn1cc(-c2cnc3ccc(N(CC4CC4)c4cc(OC)cc(OC)c4)cc3n2)cn1.[B]B([B])B([B])B(B(B([B])[B])B([B])[B])B(B(B([B])[B])B([B])[B])B(B(B([B])[B])B([B])[B])B(B([B])[B])B([B])[B].[Co].[Co].[Co].[Co].[Co].[Co]. The molecule has 7 heterocycles. The number of aromatic nitrogens is 12. The van der Waals surface area contributed by atoms with Crippen LogP contribution in [0.3, 0.4) is 0 Å². The number of aliphatic hydroxyl groups is 1. The van der Waals surface area contributed by atoms with Gasteiger partial charge in [-0.25, -0.2) is 19.6 Å². The van der Waals surface area contributed by atoms with Gasteiger partial charge in [-0.05, 0) is 113 Å². The average molecular weight is 2150 g/mol. The Hall–Kier alpha value is -6.10. The van der Waals surface area contributed by atoms with Crippen LogP contribution in [0.5, 0.6) is 34.5 Å². The number of rotatable bonds is 44. The Bertz CT molecular complexity index is 5880. The molecule has 26 nitrogen and oxygen atoms in total. The standard InChI is InChI=1S/C27H31N5O3.C26H30N6O2.C25H28N6O4.B36.6Co/c1-4-10-31(21-12-22(33-2)15-23(13-21)34-3)20-8-9-24-25(14-20)30-26(17-28-24)19-16-29-32(18-19)27-7-5-6-11-35-27;1-27-8-9-31-17-19(14-29-31)26-15-28-24-7-6-20(12-25(24)30-26)32(16-18-4-5-18)21-10-22(33-2)13-23(11-21)34-3;1-26-25(33)16-30-15-17(13-28-30)24-14-27-22-6-5-18(11-23(22)29-24)31(7-4-8-32)19-9-20(34-2)12-21(10-19)35-3;1-20(2)29(19)34(30(21(3)4)22(5)6)36(33(27(15)16)28(17)18)35(31(23(7)8)24(9)10)32(25(11)12)26(13)14;;;;;;/h8-9,12-18,27H,4-7,10-11H2,1-3H3;6-7,10-15,17-18,27H,4-5,8-9,16H2,1-3H3;5-6,9-15,32H,4,7-8,16H2,1-3H3,(H,26,33);;;;;;;. The van der Waals surface area contributed by atoms with Crippen molar-refractivity contribution in [3.8, 4) is 68.3 Å². The Morgan fingerprint density at radius 3 is 1.12 bits per heavy atom. The molecule has 14 rings (SSSR count). The maximum absolute atomic E-state index is 11.6. The number of nitrogens with zero attached hydrogens (tertiary/aromatic N) is 15. The quantitative estimate of drug-likeness (QED) is 0.0390. The van der Waals surface area contributed by atoms with Gasteiger partial charge in [0.15, 0.2) is 0 Å². The van der Waals surface area contributed by atoms with Crippen LogP contribution in [0.4, 0.5) is 34.1 Å². The predicted molar refractivity (Wildman–Crippen MR) is 611 cm³/mol. The van der Waals surface area contributed by atoms with Crippen molar-refractivity contribution in [2.24, 2.45) is 5.92 Å². The van der Waals surface area contributed by atoms with Crippen molar-refractivity contribution in [3.05, 3.63) is 165 Å². The van der Waals surface area contributed by atoms with Crippen molar-refractivity contribution in [1.82, 2.24) is 69.9 Å². The molecule has 2 aliphatic rings. The largest absolute Gasteiger partial charge is 0.497 e. The van der Waals surface area contributed by atoms with Gasteiger partial charge in [-0.3, -0.25) is 29.1 Å². The number of benzene rings is 6. The molecule has 12 aromatic rings. The van der Waals surface area contributed by atoms with Gasteiger partial charge in [0.05, 0.1) is 137 Å². The summed E-state index contributed by atoms with van der Waals surface area (Å²) in [6.07, 6.45) is 5.45. The minimum Gasteiger partial charge on any atom is -0.497 e. The van der Waals surface area contributed by atoms with E-state index in [4.69, 9.17) is 195 Å². The Balaban J connectivity index is 0.000000338.